The summed E-state index contributed by atoms with van der Waals surface area (Å²) >= 11 is 1.56. The van der Waals surface area contributed by atoms with Crippen LogP contribution in [-0.2, 0) is 6.54 Å². The summed E-state index contributed by atoms with van der Waals surface area (Å²) in [4.78, 5) is 21.1. The van der Waals surface area contributed by atoms with Crippen LogP contribution in [0, 0.1) is 0 Å². The Hall–Kier alpha value is -2.99. The summed E-state index contributed by atoms with van der Waals surface area (Å²) in [7, 11) is 0. The molecule has 1 amide bonds. The predicted octanol–water partition coefficient (Wildman–Crippen LogP) is 3.41. The maximum absolute atomic E-state index is 12.3. The fourth-order valence-corrected chi connectivity index (χ4v) is 3.37. The minimum absolute atomic E-state index is 0.113. The third-order valence-electron chi connectivity index (χ3n) is 3.62. The molecule has 5 nitrogen and oxygen atoms in total. The monoisotopic (exact) mass is 334 g/mol. The highest BCUT2D eigenvalue weighted by atomic mass is 32.1. The van der Waals surface area contributed by atoms with Gasteiger partial charge in [-0.05, 0) is 42.5 Å². The number of carbonyl (C=O) groups excluding carboxylic acids is 1. The molecule has 4 aromatic rings. The van der Waals surface area contributed by atoms with E-state index >= 15 is 0 Å². The second kappa shape index (κ2) is 6.25. The quantitative estimate of drug-likeness (QED) is 0.622. The number of benzene rings is 1. The van der Waals surface area contributed by atoms with Crippen molar-refractivity contribution in [3.05, 3.63) is 78.4 Å². The van der Waals surface area contributed by atoms with Crippen LogP contribution in [-0.4, -0.2) is 20.4 Å². The summed E-state index contributed by atoms with van der Waals surface area (Å²) in [5.41, 5.74) is 2.35. The molecule has 6 heteroatoms. The van der Waals surface area contributed by atoms with Crippen LogP contribution >= 0.6 is 11.3 Å². The standard InChI is InChI=1S/C18H14N4OS/c23-17(20-12-14-5-1-2-8-19-14)13-6-7-15-16(11-13)24-18(21-15)22-9-3-4-10-22/h1-11H,12H2,(H,20,23). The predicted molar refractivity (Wildman–Crippen MR) is 94.4 cm³/mol. The first-order valence-electron chi connectivity index (χ1n) is 7.52. The third kappa shape index (κ3) is 2.91. The van der Waals surface area contributed by atoms with Crippen LogP contribution < -0.4 is 5.32 Å². The first-order valence-corrected chi connectivity index (χ1v) is 8.33. The smallest absolute Gasteiger partial charge is 0.251 e. The van der Waals surface area contributed by atoms with Gasteiger partial charge in [0, 0.05) is 24.2 Å². The number of aromatic nitrogens is 3. The normalized spacial score (nSPS) is 10.8. The Balaban J connectivity index is 1.55. The van der Waals surface area contributed by atoms with Crippen LogP contribution in [0.4, 0.5) is 0 Å². The number of amides is 1. The van der Waals surface area contributed by atoms with Gasteiger partial charge < -0.3 is 9.88 Å². The summed E-state index contributed by atoms with van der Waals surface area (Å²) < 4.78 is 2.95. The lowest BCUT2D eigenvalue weighted by Gasteiger charge is -2.04. The highest BCUT2D eigenvalue weighted by Gasteiger charge is 2.10. The summed E-state index contributed by atoms with van der Waals surface area (Å²) in [5.74, 6) is -0.113. The first kappa shape index (κ1) is 14.6. The van der Waals surface area contributed by atoms with E-state index in [1.54, 1.807) is 23.6 Å². The lowest BCUT2D eigenvalue weighted by Crippen LogP contribution is -2.23. The van der Waals surface area contributed by atoms with Gasteiger partial charge >= 0.3 is 0 Å². The van der Waals surface area contributed by atoms with Gasteiger partial charge in [0.2, 0.25) is 0 Å². The van der Waals surface area contributed by atoms with Crippen molar-refractivity contribution in [1.29, 1.82) is 0 Å². The average molecular weight is 334 g/mol. The first-order chi connectivity index (χ1) is 11.8. The summed E-state index contributed by atoms with van der Waals surface area (Å²) in [5, 5.41) is 3.78. The Morgan fingerprint density at radius 3 is 2.79 bits per heavy atom. The van der Waals surface area contributed by atoms with Gasteiger partial charge in [-0.2, -0.15) is 0 Å². The highest BCUT2D eigenvalue weighted by molar-refractivity contribution is 7.20. The van der Waals surface area contributed by atoms with Gasteiger partial charge in [-0.25, -0.2) is 4.98 Å². The van der Waals surface area contributed by atoms with Crippen molar-refractivity contribution in [3.8, 4) is 5.13 Å². The molecular formula is C18H14N4OS. The van der Waals surface area contributed by atoms with Crippen LogP contribution in [0.1, 0.15) is 16.1 Å². The van der Waals surface area contributed by atoms with E-state index in [0.717, 1.165) is 21.0 Å². The number of carbonyl (C=O) groups is 1. The van der Waals surface area contributed by atoms with Crippen LogP contribution in [0.25, 0.3) is 15.3 Å². The number of hydrogen-bond acceptors (Lipinski definition) is 4. The molecule has 0 spiro atoms. The second-order valence-corrected chi connectivity index (χ2v) is 6.28. The molecule has 1 aromatic carbocycles. The second-order valence-electron chi connectivity index (χ2n) is 5.27. The molecule has 4 rings (SSSR count). The van der Waals surface area contributed by atoms with Gasteiger partial charge in [0.15, 0.2) is 5.13 Å². The van der Waals surface area contributed by atoms with Gasteiger partial charge in [0.05, 0.1) is 22.5 Å². The van der Waals surface area contributed by atoms with Gasteiger partial charge in [-0.1, -0.05) is 17.4 Å². The third-order valence-corrected chi connectivity index (χ3v) is 4.65. The number of fused-ring (bicyclic) bond motifs is 1. The fourth-order valence-electron chi connectivity index (χ4n) is 2.40. The summed E-state index contributed by atoms with van der Waals surface area (Å²) in [6.07, 6.45) is 5.63. The van der Waals surface area contributed by atoms with Crippen molar-refractivity contribution in [2.75, 3.05) is 0 Å². The van der Waals surface area contributed by atoms with Crippen molar-refractivity contribution in [3.63, 3.8) is 0 Å². The van der Waals surface area contributed by atoms with Crippen molar-refractivity contribution in [2.24, 2.45) is 0 Å². The van der Waals surface area contributed by atoms with Crippen molar-refractivity contribution in [2.45, 2.75) is 6.54 Å². The van der Waals surface area contributed by atoms with E-state index in [2.05, 4.69) is 15.3 Å². The highest BCUT2D eigenvalue weighted by Crippen LogP contribution is 2.26. The Kier molecular flexibility index (Phi) is 3.80. The van der Waals surface area contributed by atoms with E-state index < -0.39 is 0 Å². The maximum Gasteiger partial charge on any atom is 0.251 e. The topological polar surface area (TPSA) is 59.8 Å². The molecule has 0 aliphatic heterocycles. The van der Waals surface area contributed by atoms with E-state index in [4.69, 9.17) is 0 Å². The van der Waals surface area contributed by atoms with E-state index in [9.17, 15) is 4.79 Å². The van der Waals surface area contributed by atoms with Gasteiger partial charge in [-0.15, -0.1) is 0 Å². The van der Waals surface area contributed by atoms with Crippen LogP contribution in [0.3, 0.4) is 0 Å². The number of nitrogens with zero attached hydrogens (tertiary/aromatic N) is 3. The SMILES string of the molecule is O=C(NCc1ccccn1)c1ccc2nc(-n3cccc3)sc2c1. The minimum atomic E-state index is -0.113. The number of nitrogens with one attached hydrogen (secondary N) is 1. The minimum Gasteiger partial charge on any atom is -0.346 e. The lowest BCUT2D eigenvalue weighted by molar-refractivity contribution is 0.0950. The Bertz CT molecular complexity index is 977. The Morgan fingerprint density at radius 2 is 2.00 bits per heavy atom. The molecule has 3 heterocycles. The Labute approximate surface area is 142 Å². The molecule has 0 aliphatic carbocycles. The van der Waals surface area contributed by atoms with Crippen molar-refractivity contribution >= 4 is 27.5 Å². The van der Waals surface area contributed by atoms with Crippen LogP contribution in [0.5, 0.6) is 0 Å². The molecule has 24 heavy (non-hydrogen) atoms. The largest absolute Gasteiger partial charge is 0.346 e. The molecular weight excluding hydrogens is 320 g/mol. The van der Waals surface area contributed by atoms with Crippen LogP contribution in [0.2, 0.25) is 0 Å². The number of thiazole rings is 1. The molecule has 0 saturated carbocycles. The zero-order valence-electron chi connectivity index (χ0n) is 12.7. The number of rotatable bonds is 4. The summed E-state index contributed by atoms with van der Waals surface area (Å²) in [6.45, 7) is 0.412. The zero-order valence-corrected chi connectivity index (χ0v) is 13.5. The van der Waals surface area contributed by atoms with E-state index in [1.807, 2.05) is 59.4 Å². The van der Waals surface area contributed by atoms with Gasteiger partial charge in [0.1, 0.15) is 0 Å². The lowest BCUT2D eigenvalue weighted by atomic mass is 10.2. The molecule has 0 unspecified atom stereocenters. The molecule has 0 aliphatic rings. The average Bonchev–Trinajstić information content (AvgIpc) is 3.28. The molecule has 3 aromatic heterocycles. The van der Waals surface area contributed by atoms with Crippen LogP contribution in [0.15, 0.2) is 67.1 Å². The molecule has 0 fully saturated rings. The number of pyridine rings is 1. The molecule has 0 atom stereocenters. The molecule has 0 saturated heterocycles. The maximum atomic E-state index is 12.3. The Morgan fingerprint density at radius 1 is 1.12 bits per heavy atom. The summed E-state index contributed by atoms with van der Waals surface area (Å²) in [6, 6.07) is 15.1. The van der Waals surface area contributed by atoms with Gasteiger partial charge in [0.25, 0.3) is 5.91 Å². The van der Waals surface area contributed by atoms with Crippen molar-refractivity contribution in [1.82, 2.24) is 19.9 Å². The molecule has 118 valence electrons. The number of hydrogen-bond donors (Lipinski definition) is 1. The fraction of sp³-hybridized carbons (Fsp3) is 0.0556. The molecule has 1 N–H and O–H groups in total. The van der Waals surface area contributed by atoms with Crippen molar-refractivity contribution < 1.29 is 4.79 Å². The molecule has 0 radical (unpaired) electrons. The van der Waals surface area contributed by atoms with E-state index in [-0.39, 0.29) is 5.91 Å². The van der Waals surface area contributed by atoms with E-state index in [0.29, 0.717) is 12.1 Å². The van der Waals surface area contributed by atoms with Gasteiger partial charge in [-0.3, -0.25) is 9.78 Å². The zero-order chi connectivity index (χ0) is 16.4. The van der Waals surface area contributed by atoms with E-state index in [1.165, 1.54) is 0 Å². The molecule has 0 bridgehead atoms.